The average Bonchev–Trinajstić information content (AvgIpc) is 2.16. The number of Topliss-reactive ketones (excluding diaryl/α,β-unsaturated/α-hetero) is 1. The van der Waals surface area contributed by atoms with Gasteiger partial charge in [0.25, 0.3) is 0 Å². The molecule has 74 valence electrons. The normalized spacial score (nSPS) is 19.9. The third-order valence-electron chi connectivity index (χ3n) is 2.29. The summed E-state index contributed by atoms with van der Waals surface area (Å²) in [6.45, 7) is 1.89. The predicted octanol–water partition coefficient (Wildman–Crippen LogP) is 2.05. The van der Waals surface area contributed by atoms with Crippen LogP contribution in [-0.4, -0.2) is 19.0 Å². The van der Waals surface area contributed by atoms with E-state index in [1.807, 2.05) is 13.0 Å². The smallest absolute Gasteiger partial charge is 0.174 e. The van der Waals surface area contributed by atoms with Gasteiger partial charge < -0.3 is 9.47 Å². The van der Waals surface area contributed by atoms with Gasteiger partial charge in [0.15, 0.2) is 5.78 Å². The largest absolute Gasteiger partial charge is 0.496 e. The molecule has 3 nitrogen and oxygen atoms in total. The maximum atomic E-state index is 11.7. The lowest BCUT2D eigenvalue weighted by Crippen LogP contribution is -2.24. The van der Waals surface area contributed by atoms with Gasteiger partial charge in [0.2, 0.25) is 0 Å². The Hall–Kier alpha value is -1.51. The molecule has 1 aromatic carbocycles. The van der Waals surface area contributed by atoms with Crippen molar-refractivity contribution in [3.05, 3.63) is 23.8 Å². The molecule has 0 fully saturated rings. The van der Waals surface area contributed by atoms with Crippen LogP contribution in [0.2, 0.25) is 0 Å². The van der Waals surface area contributed by atoms with Crippen molar-refractivity contribution < 1.29 is 14.3 Å². The Balaban J connectivity index is 2.53. The molecule has 0 saturated carbocycles. The molecule has 1 aromatic rings. The summed E-state index contributed by atoms with van der Waals surface area (Å²) in [7, 11) is 1.56. The first-order chi connectivity index (χ1) is 6.72. The van der Waals surface area contributed by atoms with Crippen LogP contribution in [0.3, 0.4) is 0 Å². The van der Waals surface area contributed by atoms with E-state index in [0.29, 0.717) is 23.5 Å². The van der Waals surface area contributed by atoms with Crippen LogP contribution in [0.25, 0.3) is 0 Å². The lowest BCUT2D eigenvalue weighted by atomic mass is 10.0. The molecule has 0 radical (unpaired) electrons. The van der Waals surface area contributed by atoms with E-state index in [2.05, 4.69) is 0 Å². The van der Waals surface area contributed by atoms with Crippen LogP contribution in [0.1, 0.15) is 23.7 Å². The SMILES string of the molecule is COc1cccc2c1C(=O)C[C@@H](C)O2. The van der Waals surface area contributed by atoms with Gasteiger partial charge in [0.1, 0.15) is 23.2 Å². The zero-order chi connectivity index (χ0) is 10.1. The van der Waals surface area contributed by atoms with E-state index in [4.69, 9.17) is 9.47 Å². The quantitative estimate of drug-likeness (QED) is 0.683. The Morgan fingerprint density at radius 2 is 2.29 bits per heavy atom. The maximum Gasteiger partial charge on any atom is 0.174 e. The average molecular weight is 192 g/mol. The molecule has 1 atom stereocenters. The third kappa shape index (κ3) is 1.35. The van der Waals surface area contributed by atoms with Gasteiger partial charge in [0, 0.05) is 6.42 Å². The van der Waals surface area contributed by atoms with Crippen LogP contribution in [0.15, 0.2) is 18.2 Å². The predicted molar refractivity (Wildman–Crippen MR) is 52.0 cm³/mol. The first-order valence-electron chi connectivity index (χ1n) is 4.59. The van der Waals surface area contributed by atoms with Gasteiger partial charge in [-0.1, -0.05) is 6.07 Å². The molecule has 0 spiro atoms. The fourth-order valence-corrected chi connectivity index (χ4v) is 1.68. The van der Waals surface area contributed by atoms with Crippen LogP contribution in [-0.2, 0) is 0 Å². The minimum Gasteiger partial charge on any atom is -0.496 e. The van der Waals surface area contributed by atoms with E-state index in [0.717, 1.165) is 0 Å². The van der Waals surface area contributed by atoms with Crippen molar-refractivity contribution in [2.75, 3.05) is 7.11 Å². The zero-order valence-electron chi connectivity index (χ0n) is 8.24. The van der Waals surface area contributed by atoms with Gasteiger partial charge in [-0.2, -0.15) is 0 Å². The van der Waals surface area contributed by atoms with E-state index in [9.17, 15) is 4.79 Å². The van der Waals surface area contributed by atoms with Crippen molar-refractivity contribution in [1.29, 1.82) is 0 Å². The fourth-order valence-electron chi connectivity index (χ4n) is 1.68. The minimum atomic E-state index is -0.0397. The number of ether oxygens (including phenoxy) is 2. The topological polar surface area (TPSA) is 35.5 Å². The molecule has 0 saturated heterocycles. The molecular formula is C11H12O3. The van der Waals surface area contributed by atoms with Crippen molar-refractivity contribution >= 4 is 5.78 Å². The van der Waals surface area contributed by atoms with E-state index in [1.165, 1.54) is 0 Å². The fraction of sp³-hybridized carbons (Fsp3) is 0.364. The minimum absolute atomic E-state index is 0.0397. The Bertz CT molecular complexity index is 371. The van der Waals surface area contributed by atoms with E-state index < -0.39 is 0 Å². The Kier molecular flexibility index (Phi) is 2.15. The van der Waals surface area contributed by atoms with Gasteiger partial charge in [-0.25, -0.2) is 0 Å². The molecule has 14 heavy (non-hydrogen) atoms. The number of benzene rings is 1. The highest BCUT2D eigenvalue weighted by Crippen LogP contribution is 2.34. The van der Waals surface area contributed by atoms with E-state index in [1.54, 1.807) is 19.2 Å². The number of hydrogen-bond acceptors (Lipinski definition) is 3. The molecule has 0 N–H and O–H groups in total. The van der Waals surface area contributed by atoms with Crippen molar-refractivity contribution in [2.24, 2.45) is 0 Å². The summed E-state index contributed by atoms with van der Waals surface area (Å²) >= 11 is 0. The summed E-state index contributed by atoms with van der Waals surface area (Å²) < 4.78 is 10.7. The van der Waals surface area contributed by atoms with Crippen LogP contribution in [0, 0.1) is 0 Å². The molecule has 0 amide bonds. The Morgan fingerprint density at radius 3 is 3.00 bits per heavy atom. The highest BCUT2D eigenvalue weighted by Gasteiger charge is 2.26. The maximum absolute atomic E-state index is 11.7. The number of ketones is 1. The van der Waals surface area contributed by atoms with Gasteiger partial charge in [-0.15, -0.1) is 0 Å². The number of rotatable bonds is 1. The van der Waals surface area contributed by atoms with Crippen LogP contribution < -0.4 is 9.47 Å². The Labute approximate surface area is 82.6 Å². The second kappa shape index (κ2) is 3.33. The highest BCUT2D eigenvalue weighted by molar-refractivity contribution is 6.02. The summed E-state index contributed by atoms with van der Waals surface area (Å²) in [5.74, 6) is 1.32. The lowest BCUT2D eigenvalue weighted by molar-refractivity contribution is 0.0866. The molecule has 3 heteroatoms. The second-order valence-electron chi connectivity index (χ2n) is 3.39. The van der Waals surface area contributed by atoms with Crippen LogP contribution >= 0.6 is 0 Å². The molecular weight excluding hydrogens is 180 g/mol. The molecule has 2 rings (SSSR count). The number of hydrogen-bond donors (Lipinski definition) is 0. The summed E-state index contributed by atoms with van der Waals surface area (Å²) in [5, 5.41) is 0. The van der Waals surface area contributed by atoms with Crippen LogP contribution in [0.4, 0.5) is 0 Å². The van der Waals surface area contributed by atoms with E-state index in [-0.39, 0.29) is 11.9 Å². The zero-order valence-corrected chi connectivity index (χ0v) is 8.24. The molecule has 0 bridgehead atoms. The number of methoxy groups -OCH3 is 1. The van der Waals surface area contributed by atoms with Gasteiger partial charge >= 0.3 is 0 Å². The molecule has 0 aromatic heterocycles. The van der Waals surface area contributed by atoms with Gasteiger partial charge in [-0.3, -0.25) is 4.79 Å². The Morgan fingerprint density at radius 1 is 1.50 bits per heavy atom. The number of carbonyl (C=O) groups is 1. The molecule has 0 aliphatic carbocycles. The van der Waals surface area contributed by atoms with Crippen molar-refractivity contribution in [1.82, 2.24) is 0 Å². The van der Waals surface area contributed by atoms with Crippen molar-refractivity contribution in [2.45, 2.75) is 19.4 Å². The van der Waals surface area contributed by atoms with Crippen molar-refractivity contribution in [3.8, 4) is 11.5 Å². The molecule has 0 unspecified atom stereocenters. The second-order valence-corrected chi connectivity index (χ2v) is 3.39. The summed E-state index contributed by atoms with van der Waals surface area (Å²) in [6, 6.07) is 5.39. The third-order valence-corrected chi connectivity index (χ3v) is 2.29. The first kappa shape index (κ1) is 9.06. The highest BCUT2D eigenvalue weighted by atomic mass is 16.5. The standard InChI is InChI=1S/C11H12O3/c1-7-6-8(12)11-9(13-2)4-3-5-10(11)14-7/h3-5,7H,6H2,1-2H3/t7-/m1/s1. The molecule has 1 aliphatic rings. The summed E-state index contributed by atoms with van der Waals surface area (Å²) in [5.41, 5.74) is 0.577. The molecule has 1 aliphatic heterocycles. The van der Waals surface area contributed by atoms with Gasteiger partial charge in [0.05, 0.1) is 7.11 Å². The van der Waals surface area contributed by atoms with Crippen LogP contribution in [0.5, 0.6) is 11.5 Å². The summed E-state index contributed by atoms with van der Waals surface area (Å²) in [6.07, 6.45) is 0.384. The lowest BCUT2D eigenvalue weighted by Gasteiger charge is -2.23. The number of fused-ring (bicyclic) bond motifs is 1. The monoisotopic (exact) mass is 192 g/mol. The van der Waals surface area contributed by atoms with Gasteiger partial charge in [-0.05, 0) is 19.1 Å². The molecule has 1 heterocycles. The summed E-state index contributed by atoms with van der Waals surface area (Å²) in [4.78, 5) is 11.7. The van der Waals surface area contributed by atoms with Crippen molar-refractivity contribution in [3.63, 3.8) is 0 Å². The number of carbonyl (C=O) groups excluding carboxylic acids is 1. The first-order valence-corrected chi connectivity index (χ1v) is 4.59. The van der Waals surface area contributed by atoms with E-state index >= 15 is 0 Å².